The van der Waals surface area contributed by atoms with Crippen molar-refractivity contribution in [3.63, 3.8) is 0 Å². The molecular formula is C8H19NO3S. The van der Waals surface area contributed by atoms with Gasteiger partial charge in [0.25, 0.3) is 0 Å². The predicted molar refractivity (Wildman–Crippen MR) is 51.3 cm³/mol. The van der Waals surface area contributed by atoms with Crippen molar-refractivity contribution in [1.82, 2.24) is 0 Å². The molecule has 0 aromatic heterocycles. The molecule has 0 saturated carbocycles. The van der Waals surface area contributed by atoms with E-state index in [-0.39, 0.29) is 0 Å². The first-order chi connectivity index (χ1) is 5.77. The summed E-state index contributed by atoms with van der Waals surface area (Å²) in [6, 6.07) is 0. The monoisotopic (exact) mass is 209 g/mol. The number of rotatable bonds is 1. The molecule has 0 N–H and O–H groups in total. The summed E-state index contributed by atoms with van der Waals surface area (Å²) >= 11 is 0. The van der Waals surface area contributed by atoms with Crippen LogP contribution in [0.1, 0.15) is 19.8 Å². The standard InChI is InChI=1S/C7H16N.CH4O3S/c1-3-8(2)6-4-5-7-8;1-5(2,3)4/h3-7H2,1-2H3;1H3,(H,2,3,4)/q+1;/p-1. The predicted octanol–water partition coefficient (Wildman–Crippen LogP) is 0.408. The van der Waals surface area contributed by atoms with E-state index >= 15 is 0 Å². The molecule has 0 aromatic carbocycles. The van der Waals surface area contributed by atoms with Crippen LogP contribution in [0.15, 0.2) is 0 Å². The fourth-order valence-electron chi connectivity index (χ4n) is 1.42. The van der Waals surface area contributed by atoms with Crippen molar-refractivity contribution in [2.24, 2.45) is 0 Å². The van der Waals surface area contributed by atoms with Gasteiger partial charge in [-0.2, -0.15) is 0 Å². The lowest BCUT2D eigenvalue weighted by Crippen LogP contribution is -2.40. The van der Waals surface area contributed by atoms with E-state index in [1.807, 2.05) is 0 Å². The summed E-state index contributed by atoms with van der Waals surface area (Å²) in [5.41, 5.74) is 0. The second-order valence-corrected chi connectivity index (χ2v) is 5.20. The normalized spacial score (nSPS) is 20.6. The Bertz CT molecular complexity index is 222. The topological polar surface area (TPSA) is 57.2 Å². The van der Waals surface area contributed by atoms with Gasteiger partial charge in [-0.15, -0.1) is 0 Å². The van der Waals surface area contributed by atoms with Crippen molar-refractivity contribution in [2.75, 3.05) is 32.9 Å². The molecule has 0 atom stereocenters. The Balaban J connectivity index is 0.000000252. The molecule has 0 aliphatic carbocycles. The number of likely N-dealkylation sites (tertiary alicyclic amines) is 1. The number of hydrogen-bond donors (Lipinski definition) is 0. The average Bonchev–Trinajstić information content (AvgIpc) is 2.34. The van der Waals surface area contributed by atoms with Crippen LogP contribution < -0.4 is 0 Å². The Hall–Kier alpha value is -0.130. The van der Waals surface area contributed by atoms with Crippen molar-refractivity contribution in [1.29, 1.82) is 0 Å². The molecule has 1 heterocycles. The van der Waals surface area contributed by atoms with E-state index in [0.717, 1.165) is 0 Å². The van der Waals surface area contributed by atoms with E-state index in [2.05, 4.69) is 14.0 Å². The van der Waals surface area contributed by atoms with E-state index in [1.54, 1.807) is 0 Å². The molecule has 0 radical (unpaired) electrons. The summed E-state index contributed by atoms with van der Waals surface area (Å²) in [5, 5.41) is 0. The average molecular weight is 209 g/mol. The van der Waals surface area contributed by atoms with Gasteiger partial charge in [0.2, 0.25) is 0 Å². The zero-order chi connectivity index (χ0) is 10.5. The van der Waals surface area contributed by atoms with Crippen LogP contribution in [0.3, 0.4) is 0 Å². The van der Waals surface area contributed by atoms with Gasteiger partial charge in [0, 0.05) is 19.1 Å². The van der Waals surface area contributed by atoms with Gasteiger partial charge < -0.3 is 9.04 Å². The molecule has 0 spiro atoms. The molecule has 5 heteroatoms. The van der Waals surface area contributed by atoms with Crippen LogP contribution in [0.25, 0.3) is 0 Å². The molecule has 1 fully saturated rings. The minimum atomic E-state index is -3.92. The third-order valence-corrected chi connectivity index (χ3v) is 2.41. The number of quaternary nitrogens is 1. The summed E-state index contributed by atoms with van der Waals surface area (Å²) < 4.78 is 28.5. The molecule has 1 aliphatic heterocycles. The molecule has 80 valence electrons. The number of nitrogens with zero attached hydrogens (tertiary/aromatic N) is 1. The van der Waals surface area contributed by atoms with Crippen molar-refractivity contribution in [3.8, 4) is 0 Å². The Labute approximate surface area is 80.9 Å². The van der Waals surface area contributed by atoms with Crippen LogP contribution in [0.4, 0.5) is 0 Å². The molecular weight excluding hydrogens is 190 g/mol. The van der Waals surface area contributed by atoms with Crippen molar-refractivity contribution >= 4 is 10.1 Å². The van der Waals surface area contributed by atoms with E-state index < -0.39 is 10.1 Å². The lowest BCUT2D eigenvalue weighted by molar-refractivity contribution is -0.895. The summed E-state index contributed by atoms with van der Waals surface area (Å²) in [7, 11) is -1.56. The van der Waals surface area contributed by atoms with E-state index in [1.165, 1.54) is 37.0 Å². The van der Waals surface area contributed by atoms with Crippen LogP contribution in [0, 0.1) is 0 Å². The lowest BCUT2D eigenvalue weighted by Gasteiger charge is -2.26. The Morgan fingerprint density at radius 3 is 1.77 bits per heavy atom. The van der Waals surface area contributed by atoms with E-state index in [4.69, 9.17) is 13.0 Å². The van der Waals surface area contributed by atoms with Gasteiger partial charge in [0.15, 0.2) is 0 Å². The van der Waals surface area contributed by atoms with Crippen molar-refractivity contribution < 1.29 is 17.5 Å². The highest BCUT2D eigenvalue weighted by atomic mass is 32.2. The number of hydrogen-bond acceptors (Lipinski definition) is 3. The third-order valence-electron chi connectivity index (χ3n) is 2.41. The largest absolute Gasteiger partial charge is 0.748 e. The highest BCUT2D eigenvalue weighted by Gasteiger charge is 2.23. The van der Waals surface area contributed by atoms with Gasteiger partial charge in [-0.1, -0.05) is 0 Å². The van der Waals surface area contributed by atoms with Gasteiger partial charge in [0.1, 0.15) is 0 Å². The zero-order valence-corrected chi connectivity index (χ0v) is 9.43. The molecule has 0 bridgehead atoms. The maximum Gasteiger partial charge on any atom is 0.0916 e. The first-order valence-corrected chi connectivity index (χ1v) is 6.33. The van der Waals surface area contributed by atoms with Crippen LogP contribution in [-0.4, -0.2) is 50.4 Å². The van der Waals surface area contributed by atoms with Crippen LogP contribution in [-0.2, 0) is 10.1 Å². The molecule has 0 unspecified atom stereocenters. The van der Waals surface area contributed by atoms with Gasteiger partial charge in [-0.25, -0.2) is 8.42 Å². The summed E-state index contributed by atoms with van der Waals surface area (Å²) in [5.74, 6) is 0. The second-order valence-electron chi connectivity index (χ2n) is 3.79. The molecule has 0 aromatic rings. The molecule has 1 aliphatic rings. The maximum absolute atomic E-state index is 9.08. The highest BCUT2D eigenvalue weighted by molar-refractivity contribution is 7.84. The van der Waals surface area contributed by atoms with Crippen LogP contribution >= 0.6 is 0 Å². The fraction of sp³-hybridized carbons (Fsp3) is 1.00. The molecule has 0 amide bonds. The van der Waals surface area contributed by atoms with Gasteiger partial charge >= 0.3 is 0 Å². The fourth-order valence-corrected chi connectivity index (χ4v) is 1.42. The highest BCUT2D eigenvalue weighted by Crippen LogP contribution is 2.14. The van der Waals surface area contributed by atoms with Gasteiger partial charge in [-0.3, -0.25) is 0 Å². The van der Waals surface area contributed by atoms with E-state index in [0.29, 0.717) is 6.26 Å². The molecule has 1 rings (SSSR count). The van der Waals surface area contributed by atoms with Gasteiger partial charge in [-0.05, 0) is 6.92 Å². The Morgan fingerprint density at radius 1 is 1.31 bits per heavy atom. The van der Waals surface area contributed by atoms with Gasteiger partial charge in [0.05, 0.1) is 36.8 Å². The molecule has 13 heavy (non-hydrogen) atoms. The minimum Gasteiger partial charge on any atom is -0.748 e. The van der Waals surface area contributed by atoms with Crippen molar-refractivity contribution in [2.45, 2.75) is 19.8 Å². The van der Waals surface area contributed by atoms with E-state index in [9.17, 15) is 0 Å². The summed E-state index contributed by atoms with van der Waals surface area (Å²) in [4.78, 5) is 0. The third kappa shape index (κ3) is 8.21. The Morgan fingerprint density at radius 2 is 1.62 bits per heavy atom. The first-order valence-electron chi connectivity index (χ1n) is 4.51. The quantitative estimate of drug-likeness (QED) is 0.464. The lowest BCUT2D eigenvalue weighted by atomic mass is 10.4. The smallest absolute Gasteiger partial charge is 0.0916 e. The summed E-state index contributed by atoms with van der Waals surface area (Å²) in [6.45, 7) is 6.43. The minimum absolute atomic E-state index is 0.604. The molecule has 1 saturated heterocycles. The zero-order valence-electron chi connectivity index (χ0n) is 8.62. The van der Waals surface area contributed by atoms with Crippen LogP contribution in [0.2, 0.25) is 0 Å². The Kier molecular flexibility index (Phi) is 4.88. The molecule has 4 nitrogen and oxygen atoms in total. The maximum atomic E-state index is 9.08. The second kappa shape index (κ2) is 4.93. The van der Waals surface area contributed by atoms with Crippen LogP contribution in [0.5, 0.6) is 0 Å². The summed E-state index contributed by atoms with van der Waals surface area (Å²) in [6.07, 6.45) is 3.50. The first kappa shape index (κ1) is 12.9. The van der Waals surface area contributed by atoms with Crippen molar-refractivity contribution in [3.05, 3.63) is 0 Å². The SMILES string of the molecule is CC[N+]1(C)CCCC1.CS(=O)(=O)[O-].